The van der Waals surface area contributed by atoms with Crippen LogP contribution in [0.5, 0.6) is 0 Å². The largest absolute Gasteiger partial charge is 0.463 e. The zero-order chi connectivity index (χ0) is 13.9. The molecule has 0 N–H and O–H groups in total. The highest BCUT2D eigenvalue weighted by Gasteiger charge is 2.23. The number of unbranched alkanes of at least 4 members (excludes halogenated alkanes) is 3. The first kappa shape index (κ1) is 15.7. The molecule has 0 aromatic carbocycles. The zero-order valence-electron chi connectivity index (χ0n) is 11.3. The van der Waals surface area contributed by atoms with Crippen LogP contribution in [0, 0.1) is 0 Å². The van der Waals surface area contributed by atoms with E-state index in [0.717, 1.165) is 25.7 Å². The molecule has 19 heavy (non-hydrogen) atoms. The molecule has 1 heterocycles. The summed E-state index contributed by atoms with van der Waals surface area (Å²) in [5.74, 6) is -0.357. The van der Waals surface area contributed by atoms with Crippen LogP contribution in [-0.4, -0.2) is 37.9 Å². The normalized spacial score (nSPS) is 16.7. The van der Waals surface area contributed by atoms with Gasteiger partial charge in [-0.2, -0.15) is 0 Å². The second-order valence-electron chi connectivity index (χ2n) is 4.52. The number of hydrogen-bond acceptors (Lipinski definition) is 5. The molecule has 0 spiro atoms. The molecule has 1 aliphatic rings. The maximum Gasteiger partial charge on any atom is 0.306 e. The molecular formula is C14H22O5. The fourth-order valence-corrected chi connectivity index (χ4v) is 1.54. The maximum absolute atomic E-state index is 11.3. The summed E-state index contributed by atoms with van der Waals surface area (Å²) < 4.78 is 14.8. The molecule has 1 fully saturated rings. The van der Waals surface area contributed by atoms with Gasteiger partial charge in [-0.05, 0) is 12.8 Å². The third-order valence-corrected chi connectivity index (χ3v) is 2.71. The van der Waals surface area contributed by atoms with Crippen LogP contribution in [0.4, 0.5) is 0 Å². The smallest absolute Gasteiger partial charge is 0.306 e. The predicted molar refractivity (Wildman–Crippen MR) is 69.6 cm³/mol. The third-order valence-electron chi connectivity index (χ3n) is 2.71. The molecule has 108 valence electrons. The second-order valence-corrected chi connectivity index (χ2v) is 4.52. The Morgan fingerprint density at radius 3 is 2.21 bits per heavy atom. The van der Waals surface area contributed by atoms with Crippen LogP contribution < -0.4 is 0 Å². The van der Waals surface area contributed by atoms with E-state index in [1.54, 1.807) is 6.08 Å². The Bertz CT molecular complexity index is 296. The zero-order valence-corrected chi connectivity index (χ0v) is 11.3. The van der Waals surface area contributed by atoms with E-state index in [4.69, 9.17) is 14.2 Å². The summed E-state index contributed by atoms with van der Waals surface area (Å²) in [6.45, 7) is 4.83. The van der Waals surface area contributed by atoms with Crippen LogP contribution in [0.1, 0.15) is 38.5 Å². The molecule has 1 atom stereocenters. The van der Waals surface area contributed by atoms with Gasteiger partial charge in [0.2, 0.25) is 0 Å². The van der Waals surface area contributed by atoms with Gasteiger partial charge < -0.3 is 14.2 Å². The van der Waals surface area contributed by atoms with Crippen LogP contribution >= 0.6 is 0 Å². The second kappa shape index (κ2) is 9.55. The van der Waals surface area contributed by atoms with Crippen LogP contribution in [-0.2, 0) is 23.8 Å². The van der Waals surface area contributed by atoms with Crippen molar-refractivity contribution < 1.29 is 23.8 Å². The highest BCUT2D eigenvalue weighted by Crippen LogP contribution is 2.10. The van der Waals surface area contributed by atoms with Crippen LogP contribution in [0.2, 0.25) is 0 Å². The lowest BCUT2D eigenvalue weighted by atomic mass is 10.1. The molecule has 5 nitrogen and oxygen atoms in total. The highest BCUT2D eigenvalue weighted by molar-refractivity contribution is 5.69. The summed E-state index contributed by atoms with van der Waals surface area (Å²) in [6.07, 6.45) is 5.98. The van der Waals surface area contributed by atoms with Crippen LogP contribution in [0.3, 0.4) is 0 Å². The average Bonchev–Trinajstić information content (AvgIpc) is 3.22. The Balaban J connectivity index is 1.83. The van der Waals surface area contributed by atoms with E-state index in [1.807, 2.05) is 0 Å². The summed E-state index contributed by atoms with van der Waals surface area (Å²) in [6, 6.07) is 0. The first-order chi connectivity index (χ1) is 9.22. The topological polar surface area (TPSA) is 65.1 Å². The Kier molecular flexibility index (Phi) is 7.89. The Hall–Kier alpha value is -1.36. The number of esters is 2. The van der Waals surface area contributed by atoms with Crippen molar-refractivity contribution in [3.63, 3.8) is 0 Å². The van der Waals surface area contributed by atoms with Crippen molar-refractivity contribution in [2.75, 3.05) is 19.8 Å². The van der Waals surface area contributed by atoms with E-state index < -0.39 is 0 Å². The van der Waals surface area contributed by atoms with Gasteiger partial charge in [-0.1, -0.05) is 25.5 Å². The lowest BCUT2D eigenvalue weighted by molar-refractivity contribution is -0.144. The fourth-order valence-electron chi connectivity index (χ4n) is 1.54. The van der Waals surface area contributed by atoms with Gasteiger partial charge >= 0.3 is 11.9 Å². The molecule has 1 unspecified atom stereocenters. The molecule has 0 amide bonds. The van der Waals surface area contributed by atoms with Gasteiger partial charge in [0.1, 0.15) is 19.3 Å². The van der Waals surface area contributed by atoms with Crippen LogP contribution in [0.15, 0.2) is 12.7 Å². The molecule has 0 aromatic rings. The number of ether oxygens (including phenoxy) is 3. The van der Waals surface area contributed by atoms with E-state index >= 15 is 0 Å². The molecular weight excluding hydrogens is 248 g/mol. The summed E-state index contributed by atoms with van der Waals surface area (Å²) in [5, 5.41) is 0. The average molecular weight is 270 g/mol. The van der Waals surface area contributed by atoms with E-state index in [2.05, 4.69) is 6.58 Å². The minimum atomic E-state index is -0.191. The SMILES string of the molecule is C=CCOC(=O)CCCCCCC(=O)OCC1CO1. The van der Waals surface area contributed by atoms with E-state index in [-0.39, 0.29) is 24.6 Å². The molecule has 0 aliphatic carbocycles. The van der Waals surface area contributed by atoms with Gasteiger partial charge in [-0.15, -0.1) is 0 Å². The van der Waals surface area contributed by atoms with Gasteiger partial charge in [-0.25, -0.2) is 0 Å². The van der Waals surface area contributed by atoms with Crippen molar-refractivity contribution >= 4 is 11.9 Å². The van der Waals surface area contributed by atoms with E-state index in [1.165, 1.54) is 0 Å². The minimum Gasteiger partial charge on any atom is -0.463 e. The standard InChI is InChI=1S/C14H22O5/c1-2-9-17-13(15)7-5-3-4-6-8-14(16)19-11-12-10-18-12/h2,12H,1,3-11H2. The van der Waals surface area contributed by atoms with Crippen molar-refractivity contribution in [1.82, 2.24) is 0 Å². The molecule has 1 rings (SSSR count). The maximum atomic E-state index is 11.3. The quantitative estimate of drug-likeness (QED) is 0.249. The number of hydrogen-bond donors (Lipinski definition) is 0. The lowest BCUT2D eigenvalue weighted by Gasteiger charge is -2.03. The molecule has 1 aliphatic heterocycles. The Morgan fingerprint density at radius 2 is 1.68 bits per heavy atom. The fraction of sp³-hybridized carbons (Fsp3) is 0.714. The van der Waals surface area contributed by atoms with Crippen molar-refractivity contribution in [2.45, 2.75) is 44.6 Å². The monoisotopic (exact) mass is 270 g/mol. The number of epoxide rings is 1. The van der Waals surface area contributed by atoms with Crippen molar-refractivity contribution in [3.05, 3.63) is 12.7 Å². The molecule has 0 bridgehead atoms. The molecule has 0 saturated carbocycles. The van der Waals surface area contributed by atoms with E-state index in [9.17, 15) is 9.59 Å². The number of rotatable bonds is 11. The Morgan fingerprint density at radius 1 is 1.11 bits per heavy atom. The van der Waals surface area contributed by atoms with Crippen molar-refractivity contribution in [2.24, 2.45) is 0 Å². The van der Waals surface area contributed by atoms with Crippen molar-refractivity contribution in [1.29, 1.82) is 0 Å². The number of carbonyl (C=O) groups is 2. The van der Waals surface area contributed by atoms with Gasteiger partial charge in [0, 0.05) is 12.8 Å². The van der Waals surface area contributed by atoms with Crippen molar-refractivity contribution in [3.8, 4) is 0 Å². The lowest BCUT2D eigenvalue weighted by Crippen LogP contribution is -2.09. The summed E-state index contributed by atoms with van der Waals surface area (Å²) >= 11 is 0. The molecule has 0 aromatic heterocycles. The highest BCUT2D eigenvalue weighted by atomic mass is 16.6. The summed E-state index contributed by atoms with van der Waals surface area (Å²) in [5.41, 5.74) is 0. The molecule has 1 saturated heterocycles. The van der Waals surface area contributed by atoms with E-state index in [0.29, 0.717) is 26.1 Å². The van der Waals surface area contributed by atoms with Gasteiger partial charge in [0.05, 0.1) is 6.61 Å². The van der Waals surface area contributed by atoms with Crippen LogP contribution in [0.25, 0.3) is 0 Å². The van der Waals surface area contributed by atoms with Gasteiger partial charge in [0.25, 0.3) is 0 Å². The predicted octanol–water partition coefficient (Wildman–Crippen LogP) is 2.00. The van der Waals surface area contributed by atoms with Gasteiger partial charge in [-0.3, -0.25) is 9.59 Å². The Labute approximate surface area is 113 Å². The third kappa shape index (κ3) is 9.25. The minimum absolute atomic E-state index is 0.130. The number of carbonyl (C=O) groups excluding carboxylic acids is 2. The first-order valence-corrected chi connectivity index (χ1v) is 6.76. The molecule has 0 radical (unpaired) electrons. The molecule has 5 heteroatoms. The summed E-state index contributed by atoms with van der Waals surface area (Å²) in [7, 11) is 0. The first-order valence-electron chi connectivity index (χ1n) is 6.76. The summed E-state index contributed by atoms with van der Waals surface area (Å²) in [4.78, 5) is 22.4. The van der Waals surface area contributed by atoms with Gasteiger partial charge in [0.15, 0.2) is 0 Å².